The van der Waals surface area contributed by atoms with Crippen molar-refractivity contribution in [1.29, 1.82) is 0 Å². The number of aromatic nitrogens is 5. The van der Waals surface area contributed by atoms with E-state index in [-0.39, 0.29) is 5.41 Å². The Morgan fingerprint density at radius 2 is 0.887 bits per heavy atom. The van der Waals surface area contributed by atoms with Crippen molar-refractivity contribution in [1.82, 2.24) is 24.5 Å². The van der Waals surface area contributed by atoms with Gasteiger partial charge in [-0.25, -0.2) is 4.98 Å². The van der Waals surface area contributed by atoms with Gasteiger partial charge in [0.1, 0.15) is 0 Å². The molecule has 0 saturated heterocycles. The lowest BCUT2D eigenvalue weighted by atomic mass is 9.82. The Balaban J connectivity index is 0.949. The molecule has 1 aliphatic rings. The first-order chi connectivity index (χ1) is 35.0. The van der Waals surface area contributed by atoms with Crippen molar-refractivity contribution in [3.05, 3.63) is 254 Å². The van der Waals surface area contributed by atoms with Crippen LogP contribution in [0.1, 0.15) is 25.0 Å². The minimum atomic E-state index is -0.137. The van der Waals surface area contributed by atoms with Crippen LogP contribution in [0.2, 0.25) is 0 Å². The van der Waals surface area contributed by atoms with Gasteiger partial charge in [-0.05, 0) is 81.4 Å². The molecule has 0 saturated carbocycles. The van der Waals surface area contributed by atoms with Crippen LogP contribution < -0.4 is 4.90 Å². The Bertz CT molecular complexity index is 3870. The molecular formula is C65H46N6. The van der Waals surface area contributed by atoms with Crippen molar-refractivity contribution in [2.45, 2.75) is 19.3 Å². The summed E-state index contributed by atoms with van der Waals surface area (Å²) in [4.78, 5) is 23.1. The van der Waals surface area contributed by atoms with E-state index in [0.29, 0.717) is 17.6 Å². The largest absolute Gasteiger partial charge is 0.310 e. The highest BCUT2D eigenvalue weighted by Gasteiger charge is 2.36. The second-order valence-electron chi connectivity index (χ2n) is 18.7. The van der Waals surface area contributed by atoms with E-state index in [1.807, 2.05) is 66.9 Å². The van der Waals surface area contributed by atoms with Gasteiger partial charge < -0.3 is 4.90 Å². The van der Waals surface area contributed by atoms with Crippen molar-refractivity contribution in [3.8, 4) is 73.4 Å². The normalized spacial score (nSPS) is 12.5. The molecule has 9 aromatic carbocycles. The summed E-state index contributed by atoms with van der Waals surface area (Å²) in [5.74, 6) is 1.72. The SMILES string of the molecule is CC1(C)c2ccccc2-c2ccc(N(c3ccc(-c4ccccc4)cc3)c3ccc(-c4cc5c6cccc(-c7ccccc7)c6n(-c6nc(-c7ccccc7)nc(-c7ccccc7)n6)c5cn4)cc3)cc21. The molecule has 3 aromatic heterocycles. The van der Waals surface area contributed by atoms with E-state index in [9.17, 15) is 0 Å². The maximum Gasteiger partial charge on any atom is 0.238 e. The van der Waals surface area contributed by atoms with Gasteiger partial charge in [-0.3, -0.25) is 9.55 Å². The predicted molar refractivity (Wildman–Crippen MR) is 291 cm³/mol. The summed E-state index contributed by atoms with van der Waals surface area (Å²) in [6.45, 7) is 4.68. The van der Waals surface area contributed by atoms with Crippen LogP contribution in [0.3, 0.4) is 0 Å². The van der Waals surface area contributed by atoms with Gasteiger partial charge in [-0.2, -0.15) is 9.97 Å². The number of anilines is 3. The second-order valence-corrected chi connectivity index (χ2v) is 18.7. The number of pyridine rings is 1. The third-order valence-electron chi connectivity index (χ3n) is 14.1. The molecule has 0 aliphatic heterocycles. The van der Waals surface area contributed by atoms with E-state index in [0.717, 1.165) is 72.4 Å². The molecule has 0 amide bonds. The summed E-state index contributed by atoms with van der Waals surface area (Å²) in [6.07, 6.45) is 1.98. The van der Waals surface area contributed by atoms with Gasteiger partial charge >= 0.3 is 0 Å². The zero-order valence-electron chi connectivity index (χ0n) is 39.3. The molecule has 0 atom stereocenters. The fraction of sp³-hybridized carbons (Fsp3) is 0.0462. The standard InChI is InChI=1S/C65H46N6/c1-65(2)57-29-16-15-26-53(57)54-39-38-51(40-58(54)65)70(49-34-30-44(31-35-49)43-18-7-3-8-19-43)50-36-32-46(33-37-50)59-41-56-55-28-17-27-52(45-20-9-4-10-21-45)61(55)71(60(56)42-66-59)64-68-62(47-22-11-5-12-23-47)67-63(69-64)48-24-13-6-14-25-48/h3-42H,1-2H3. The first-order valence-corrected chi connectivity index (χ1v) is 24.1. The topological polar surface area (TPSA) is 59.7 Å². The lowest BCUT2D eigenvalue weighted by Crippen LogP contribution is -2.16. The number of benzene rings is 9. The molecule has 0 fully saturated rings. The molecule has 1 aliphatic carbocycles. The summed E-state index contributed by atoms with van der Waals surface area (Å²) < 4.78 is 2.17. The molecule has 71 heavy (non-hydrogen) atoms. The zero-order valence-corrected chi connectivity index (χ0v) is 39.3. The average molecular weight is 911 g/mol. The highest BCUT2D eigenvalue weighted by molar-refractivity contribution is 6.14. The number of fused-ring (bicyclic) bond motifs is 6. The van der Waals surface area contributed by atoms with Crippen LogP contribution in [0.15, 0.2) is 243 Å². The molecule has 0 unspecified atom stereocenters. The highest BCUT2D eigenvalue weighted by Crippen LogP contribution is 2.51. The fourth-order valence-corrected chi connectivity index (χ4v) is 10.6. The molecule has 12 aromatic rings. The maximum atomic E-state index is 5.23. The Kier molecular flexibility index (Phi) is 10.1. The van der Waals surface area contributed by atoms with Gasteiger partial charge in [0.05, 0.1) is 22.9 Å². The number of hydrogen-bond donors (Lipinski definition) is 0. The molecule has 3 heterocycles. The Hall–Kier alpha value is -9.26. The zero-order chi connectivity index (χ0) is 47.5. The van der Waals surface area contributed by atoms with E-state index in [4.69, 9.17) is 19.9 Å². The van der Waals surface area contributed by atoms with Gasteiger partial charge in [0.25, 0.3) is 0 Å². The molecular weight excluding hydrogens is 865 g/mol. The van der Waals surface area contributed by atoms with Crippen LogP contribution in [0.25, 0.3) is 95.2 Å². The number of rotatable bonds is 9. The molecule has 6 nitrogen and oxygen atoms in total. The smallest absolute Gasteiger partial charge is 0.238 e. The van der Waals surface area contributed by atoms with Gasteiger partial charge in [-0.15, -0.1) is 0 Å². The van der Waals surface area contributed by atoms with Gasteiger partial charge in [0, 0.05) is 55.5 Å². The first kappa shape index (κ1) is 41.9. The van der Waals surface area contributed by atoms with E-state index >= 15 is 0 Å². The van der Waals surface area contributed by atoms with Crippen LogP contribution in [0, 0.1) is 0 Å². The molecule has 0 spiro atoms. The van der Waals surface area contributed by atoms with E-state index in [2.05, 4.69) is 199 Å². The highest BCUT2D eigenvalue weighted by atomic mass is 15.2. The monoisotopic (exact) mass is 910 g/mol. The summed E-state index contributed by atoms with van der Waals surface area (Å²) in [7, 11) is 0. The quantitative estimate of drug-likeness (QED) is 0.144. The third-order valence-corrected chi connectivity index (χ3v) is 14.1. The molecule has 6 heteroatoms. The molecule has 336 valence electrons. The third kappa shape index (κ3) is 7.27. The van der Waals surface area contributed by atoms with Crippen LogP contribution in [-0.4, -0.2) is 24.5 Å². The lowest BCUT2D eigenvalue weighted by molar-refractivity contribution is 0.660. The minimum Gasteiger partial charge on any atom is -0.310 e. The average Bonchev–Trinajstić information content (AvgIpc) is 3.90. The van der Waals surface area contributed by atoms with E-state index < -0.39 is 0 Å². The van der Waals surface area contributed by atoms with Crippen molar-refractivity contribution >= 4 is 38.9 Å². The Morgan fingerprint density at radius 1 is 0.380 bits per heavy atom. The minimum absolute atomic E-state index is 0.137. The number of hydrogen-bond acceptors (Lipinski definition) is 5. The lowest BCUT2D eigenvalue weighted by Gasteiger charge is -2.28. The summed E-state index contributed by atoms with van der Waals surface area (Å²) in [5, 5.41) is 2.13. The molecule has 0 bridgehead atoms. The van der Waals surface area contributed by atoms with Crippen molar-refractivity contribution in [2.75, 3.05) is 4.90 Å². The van der Waals surface area contributed by atoms with Gasteiger partial charge in [0.15, 0.2) is 11.6 Å². The van der Waals surface area contributed by atoms with Crippen molar-refractivity contribution in [2.24, 2.45) is 0 Å². The van der Waals surface area contributed by atoms with E-state index in [1.165, 1.54) is 33.4 Å². The molecule has 0 radical (unpaired) electrons. The van der Waals surface area contributed by atoms with Gasteiger partial charge in [-0.1, -0.05) is 208 Å². The van der Waals surface area contributed by atoms with Crippen LogP contribution in [0.4, 0.5) is 17.1 Å². The van der Waals surface area contributed by atoms with Crippen LogP contribution in [-0.2, 0) is 5.41 Å². The number of para-hydroxylation sites is 1. The maximum absolute atomic E-state index is 5.23. The van der Waals surface area contributed by atoms with Gasteiger partial charge in [0.2, 0.25) is 5.95 Å². The molecule has 0 N–H and O–H groups in total. The van der Waals surface area contributed by atoms with E-state index in [1.54, 1.807) is 0 Å². The predicted octanol–water partition coefficient (Wildman–Crippen LogP) is 16.5. The Morgan fingerprint density at radius 3 is 1.52 bits per heavy atom. The summed E-state index contributed by atoms with van der Waals surface area (Å²) >= 11 is 0. The van der Waals surface area contributed by atoms with Crippen molar-refractivity contribution in [3.63, 3.8) is 0 Å². The summed E-state index contributed by atoms with van der Waals surface area (Å²) in [5.41, 5.74) is 18.6. The Labute approximate surface area is 412 Å². The fourth-order valence-electron chi connectivity index (χ4n) is 10.6. The van der Waals surface area contributed by atoms with Crippen LogP contribution in [0.5, 0.6) is 0 Å². The first-order valence-electron chi connectivity index (χ1n) is 24.1. The number of nitrogens with zero attached hydrogens (tertiary/aromatic N) is 6. The summed E-state index contributed by atoms with van der Waals surface area (Å²) in [6, 6.07) is 83.6. The molecule has 13 rings (SSSR count). The van der Waals surface area contributed by atoms with Crippen molar-refractivity contribution < 1.29 is 0 Å². The van der Waals surface area contributed by atoms with Crippen LogP contribution >= 0.6 is 0 Å². The second kappa shape index (κ2) is 17.1.